The molecule has 0 spiro atoms. The number of benzene rings is 3. The zero-order valence-electron chi connectivity index (χ0n) is 29.8. The van der Waals surface area contributed by atoms with Crippen LogP contribution >= 0.6 is 0 Å². The molecule has 1 saturated heterocycles. The third-order valence-corrected chi connectivity index (χ3v) is 10.2. The van der Waals surface area contributed by atoms with Gasteiger partial charge in [-0.3, -0.25) is 19.3 Å². The van der Waals surface area contributed by atoms with Gasteiger partial charge in [0.1, 0.15) is 5.75 Å². The van der Waals surface area contributed by atoms with Gasteiger partial charge < -0.3 is 24.7 Å². The van der Waals surface area contributed by atoms with E-state index in [1.165, 1.54) is 5.57 Å². The van der Waals surface area contributed by atoms with Gasteiger partial charge in [0.15, 0.2) is 11.4 Å². The number of carbonyl (C=O) groups is 3. The molecule has 3 heterocycles. The van der Waals surface area contributed by atoms with Crippen molar-refractivity contribution in [2.45, 2.75) is 71.4 Å². The lowest BCUT2D eigenvalue weighted by Gasteiger charge is -2.28. The molecule has 2 N–H and O–H groups in total. The summed E-state index contributed by atoms with van der Waals surface area (Å²) >= 11 is 0. The van der Waals surface area contributed by atoms with E-state index in [0.717, 1.165) is 31.3 Å². The van der Waals surface area contributed by atoms with Crippen LogP contribution in [0.5, 0.6) is 11.5 Å². The van der Waals surface area contributed by atoms with E-state index in [1.54, 1.807) is 76.2 Å². The summed E-state index contributed by atoms with van der Waals surface area (Å²) in [5.41, 5.74) is 2.76. The number of rotatable bonds is 11. The van der Waals surface area contributed by atoms with Crippen molar-refractivity contribution in [2.75, 3.05) is 29.5 Å². The monoisotopic (exact) mass is 689 g/mol. The highest BCUT2D eigenvalue weighted by atomic mass is 16.5. The molecule has 9 nitrogen and oxygen atoms in total. The second-order valence-corrected chi connectivity index (χ2v) is 13.9. The minimum atomic E-state index is -1.97. The number of carbonyl (C=O) groups excluding carboxylic acids is 3. The Kier molecular flexibility index (Phi) is 10.6. The van der Waals surface area contributed by atoms with Crippen LogP contribution in [0.2, 0.25) is 0 Å². The fraction of sp³-hybridized carbons (Fsp3) is 0.357. The van der Waals surface area contributed by atoms with E-state index in [4.69, 9.17) is 4.74 Å². The number of ether oxygens (including phenoxy) is 1. The Morgan fingerprint density at radius 3 is 2.51 bits per heavy atom. The number of anilines is 3. The molecule has 9 heteroatoms. The first-order valence-electron chi connectivity index (χ1n) is 17.8. The van der Waals surface area contributed by atoms with Crippen molar-refractivity contribution in [3.8, 4) is 11.5 Å². The summed E-state index contributed by atoms with van der Waals surface area (Å²) in [4.78, 5) is 46.5. The van der Waals surface area contributed by atoms with Gasteiger partial charge in [-0.2, -0.15) is 0 Å². The minimum Gasteiger partial charge on any atom is -0.454 e. The fourth-order valence-corrected chi connectivity index (χ4v) is 7.24. The van der Waals surface area contributed by atoms with Crippen molar-refractivity contribution < 1.29 is 29.3 Å². The number of amides is 3. The van der Waals surface area contributed by atoms with Crippen LogP contribution in [0.25, 0.3) is 0 Å². The first-order valence-corrected chi connectivity index (χ1v) is 17.8. The first-order chi connectivity index (χ1) is 24.5. The molecule has 1 fully saturated rings. The standard InChI is InChI=1S/C42H47N3O6/c1-28(2)12-9-13-29(3)23-25-44-35-22-21-31(45-36-17-6-8-19-38(36)51-37-18-7-5-16-33(37)40(45)48)26-34(35)42(50,41(44)49)30(4)14-10-20-39(47)43-24-11-15-32(43)27-46/h5-8,10,12,14,16-19,21-23,26,30,32,46,50H,9,11,13,15,20,24-25,27H2,1-4H3/b14-10+,29-23+/t30-,32+,42+/m1/s1. The fourth-order valence-electron chi connectivity index (χ4n) is 7.24. The van der Waals surface area contributed by atoms with E-state index in [1.807, 2.05) is 37.3 Å². The summed E-state index contributed by atoms with van der Waals surface area (Å²) in [7, 11) is 0. The summed E-state index contributed by atoms with van der Waals surface area (Å²) in [5.74, 6) is -0.648. The van der Waals surface area contributed by atoms with Gasteiger partial charge in [0.2, 0.25) is 5.91 Å². The van der Waals surface area contributed by atoms with Crippen molar-refractivity contribution in [3.05, 3.63) is 113 Å². The van der Waals surface area contributed by atoms with Gasteiger partial charge in [0.05, 0.1) is 29.6 Å². The maximum atomic E-state index is 14.4. The average molecular weight is 690 g/mol. The molecular weight excluding hydrogens is 642 g/mol. The number of likely N-dealkylation sites (tertiary alicyclic amines) is 1. The van der Waals surface area contributed by atoms with Crippen LogP contribution < -0.4 is 14.5 Å². The van der Waals surface area contributed by atoms with Crippen molar-refractivity contribution in [2.24, 2.45) is 5.92 Å². The third-order valence-electron chi connectivity index (χ3n) is 10.2. The SMILES string of the molecule is CC(C)=CCC/C(C)=C/CN1C(=O)[C@](O)([C@H](C)/C=C/CC(=O)N2CCC[C@H]2CO)c2cc(N3C(=O)c4ccccc4Oc4ccccc43)ccc21. The van der Waals surface area contributed by atoms with Gasteiger partial charge in [0.25, 0.3) is 11.8 Å². The summed E-state index contributed by atoms with van der Waals surface area (Å²) in [6, 6.07) is 19.5. The summed E-state index contributed by atoms with van der Waals surface area (Å²) in [6.45, 7) is 8.76. The van der Waals surface area contributed by atoms with Crippen LogP contribution in [-0.4, -0.2) is 58.6 Å². The number of hydrogen-bond acceptors (Lipinski definition) is 6. The molecule has 3 aliphatic rings. The molecule has 6 rings (SSSR count). The molecule has 0 aliphatic carbocycles. The molecule has 0 bridgehead atoms. The lowest BCUT2D eigenvalue weighted by Crippen LogP contribution is -2.44. The molecular formula is C42H47N3O6. The Morgan fingerprint density at radius 2 is 1.75 bits per heavy atom. The Labute approximate surface area is 300 Å². The number of hydrogen-bond donors (Lipinski definition) is 2. The van der Waals surface area contributed by atoms with Crippen LogP contribution in [0.3, 0.4) is 0 Å². The normalized spacial score (nSPS) is 20.5. The quantitative estimate of drug-likeness (QED) is 0.201. The molecule has 0 unspecified atom stereocenters. The van der Waals surface area contributed by atoms with Gasteiger partial charge in [-0.25, -0.2) is 0 Å². The molecule has 0 aromatic heterocycles. The van der Waals surface area contributed by atoms with Gasteiger partial charge in [0, 0.05) is 36.7 Å². The molecule has 3 atom stereocenters. The molecule has 51 heavy (non-hydrogen) atoms. The molecule has 266 valence electrons. The predicted octanol–water partition coefficient (Wildman–Crippen LogP) is 7.56. The van der Waals surface area contributed by atoms with E-state index >= 15 is 0 Å². The van der Waals surface area contributed by atoms with Crippen LogP contribution in [-0.2, 0) is 15.2 Å². The second-order valence-electron chi connectivity index (χ2n) is 13.9. The lowest BCUT2D eigenvalue weighted by atomic mass is 9.82. The Balaban J connectivity index is 1.37. The van der Waals surface area contributed by atoms with E-state index in [-0.39, 0.29) is 37.4 Å². The number of aliphatic hydroxyl groups excluding tert-OH is 1. The topological polar surface area (TPSA) is 111 Å². The highest BCUT2D eigenvalue weighted by Gasteiger charge is 2.52. The van der Waals surface area contributed by atoms with Crippen molar-refractivity contribution in [1.29, 1.82) is 0 Å². The smallest absolute Gasteiger partial charge is 0.266 e. The summed E-state index contributed by atoms with van der Waals surface area (Å²) in [6.07, 6.45) is 11.1. The van der Waals surface area contributed by atoms with Crippen LogP contribution in [0.1, 0.15) is 75.7 Å². The zero-order chi connectivity index (χ0) is 36.3. The molecule has 0 saturated carbocycles. The van der Waals surface area contributed by atoms with Crippen LogP contribution in [0.4, 0.5) is 17.1 Å². The lowest BCUT2D eigenvalue weighted by molar-refractivity contribution is -0.139. The summed E-state index contributed by atoms with van der Waals surface area (Å²) in [5, 5.41) is 22.2. The molecule has 3 aliphatic heterocycles. The Morgan fingerprint density at radius 1 is 1.00 bits per heavy atom. The summed E-state index contributed by atoms with van der Waals surface area (Å²) < 4.78 is 6.20. The average Bonchev–Trinajstić information content (AvgIpc) is 3.65. The third kappa shape index (κ3) is 7.01. The van der Waals surface area contributed by atoms with Crippen molar-refractivity contribution in [1.82, 2.24) is 4.90 Å². The van der Waals surface area contributed by atoms with Crippen LogP contribution in [0, 0.1) is 5.92 Å². The van der Waals surface area contributed by atoms with Gasteiger partial charge >= 0.3 is 0 Å². The largest absolute Gasteiger partial charge is 0.454 e. The van der Waals surface area contributed by atoms with E-state index in [9.17, 15) is 24.6 Å². The van der Waals surface area contributed by atoms with Crippen molar-refractivity contribution in [3.63, 3.8) is 0 Å². The predicted molar refractivity (Wildman–Crippen MR) is 199 cm³/mol. The highest BCUT2D eigenvalue weighted by Crippen LogP contribution is 2.49. The molecule has 3 amide bonds. The second kappa shape index (κ2) is 15.1. The number of para-hydroxylation sites is 3. The van der Waals surface area contributed by atoms with Gasteiger partial charge in [-0.1, -0.05) is 66.6 Å². The Bertz CT molecular complexity index is 1910. The number of aliphatic hydroxyl groups is 2. The number of fused-ring (bicyclic) bond motifs is 3. The molecule has 3 aromatic rings. The zero-order valence-corrected chi connectivity index (χ0v) is 29.8. The molecule has 0 radical (unpaired) electrons. The van der Waals surface area contributed by atoms with E-state index in [0.29, 0.717) is 46.2 Å². The van der Waals surface area contributed by atoms with Crippen LogP contribution in [0.15, 0.2) is 102 Å². The first kappa shape index (κ1) is 35.8. The minimum absolute atomic E-state index is 0.0698. The van der Waals surface area contributed by atoms with Gasteiger partial charge in [-0.15, -0.1) is 0 Å². The van der Waals surface area contributed by atoms with Crippen molar-refractivity contribution >= 4 is 34.8 Å². The maximum absolute atomic E-state index is 14.4. The highest BCUT2D eigenvalue weighted by molar-refractivity contribution is 6.15. The van der Waals surface area contributed by atoms with E-state index < -0.39 is 17.4 Å². The maximum Gasteiger partial charge on any atom is 0.266 e. The van der Waals surface area contributed by atoms with Gasteiger partial charge in [-0.05, 0) is 88.9 Å². The molecule has 3 aromatic carbocycles. The number of allylic oxidation sites excluding steroid dienone is 3. The number of nitrogens with zero attached hydrogens (tertiary/aromatic N) is 3. The van der Waals surface area contributed by atoms with E-state index in [2.05, 4.69) is 19.9 Å². The Hall–Kier alpha value is -4.99.